The Labute approximate surface area is 111 Å². The highest BCUT2D eigenvalue weighted by atomic mass is 35.5. The Balaban J connectivity index is 2.54. The molecule has 0 saturated heterocycles. The molecule has 2 nitrogen and oxygen atoms in total. The van der Waals surface area contributed by atoms with Gasteiger partial charge in [-0.15, -0.1) is 0 Å². The van der Waals surface area contributed by atoms with Crippen LogP contribution in [0.4, 0.5) is 0 Å². The second kappa shape index (κ2) is 4.83. The van der Waals surface area contributed by atoms with Crippen LogP contribution in [-0.2, 0) is 0 Å². The Morgan fingerprint density at radius 1 is 1.11 bits per heavy atom. The molecule has 0 aliphatic carbocycles. The highest BCUT2D eigenvalue weighted by molar-refractivity contribution is 6.31. The van der Waals surface area contributed by atoms with E-state index in [0.29, 0.717) is 10.6 Å². The van der Waals surface area contributed by atoms with Crippen LogP contribution in [0, 0.1) is 13.8 Å². The van der Waals surface area contributed by atoms with Crippen LogP contribution in [0.2, 0.25) is 5.02 Å². The van der Waals surface area contributed by atoms with E-state index in [9.17, 15) is 4.79 Å². The fourth-order valence-corrected chi connectivity index (χ4v) is 2.30. The first-order valence-corrected chi connectivity index (χ1v) is 5.96. The molecule has 18 heavy (non-hydrogen) atoms. The van der Waals surface area contributed by atoms with Gasteiger partial charge in [0.2, 0.25) is 0 Å². The van der Waals surface area contributed by atoms with E-state index in [1.165, 1.54) is 0 Å². The summed E-state index contributed by atoms with van der Waals surface area (Å²) in [6.45, 7) is 3.88. The minimum absolute atomic E-state index is 0.301. The van der Waals surface area contributed by atoms with Crippen molar-refractivity contribution in [1.82, 2.24) is 0 Å². The largest absolute Gasteiger partial charge is 0.478 e. The summed E-state index contributed by atoms with van der Waals surface area (Å²) in [4.78, 5) is 10.9. The molecule has 0 aromatic heterocycles. The van der Waals surface area contributed by atoms with Gasteiger partial charge in [0.15, 0.2) is 0 Å². The molecule has 2 aromatic rings. The number of carbonyl (C=O) groups is 1. The topological polar surface area (TPSA) is 37.3 Å². The van der Waals surface area contributed by atoms with Gasteiger partial charge in [-0.3, -0.25) is 0 Å². The van der Waals surface area contributed by atoms with Crippen molar-refractivity contribution in [1.29, 1.82) is 0 Å². The summed E-state index contributed by atoms with van der Waals surface area (Å²) in [5, 5.41) is 9.62. The zero-order valence-corrected chi connectivity index (χ0v) is 11.0. The Morgan fingerprint density at radius 2 is 1.83 bits per heavy atom. The Hall–Kier alpha value is -1.80. The van der Waals surface area contributed by atoms with Crippen molar-refractivity contribution in [2.24, 2.45) is 0 Å². The Kier molecular flexibility index (Phi) is 3.39. The molecule has 0 bridgehead atoms. The number of benzene rings is 2. The highest BCUT2D eigenvalue weighted by Gasteiger charge is 2.08. The second-order valence-electron chi connectivity index (χ2n) is 4.35. The lowest BCUT2D eigenvalue weighted by Crippen LogP contribution is -1.97. The maximum atomic E-state index is 10.9. The number of carboxylic acids is 1. The third-order valence-corrected chi connectivity index (χ3v) is 3.04. The molecule has 0 atom stereocenters. The van der Waals surface area contributed by atoms with Gasteiger partial charge in [-0.25, -0.2) is 4.79 Å². The molecule has 2 aromatic carbocycles. The molecule has 0 aliphatic rings. The van der Waals surface area contributed by atoms with Crippen LogP contribution < -0.4 is 0 Å². The molecule has 0 saturated carbocycles. The number of hydrogen-bond acceptors (Lipinski definition) is 1. The van der Waals surface area contributed by atoms with Crippen molar-refractivity contribution >= 4 is 17.6 Å². The average Bonchev–Trinajstić information content (AvgIpc) is 2.27. The predicted octanol–water partition coefficient (Wildman–Crippen LogP) is 4.32. The lowest BCUT2D eigenvalue weighted by molar-refractivity contribution is 0.0697. The van der Waals surface area contributed by atoms with Gasteiger partial charge < -0.3 is 5.11 Å². The minimum Gasteiger partial charge on any atom is -0.478 e. The van der Waals surface area contributed by atoms with E-state index in [1.807, 2.05) is 38.1 Å². The van der Waals surface area contributed by atoms with Crippen molar-refractivity contribution in [2.45, 2.75) is 13.8 Å². The van der Waals surface area contributed by atoms with Gasteiger partial charge in [-0.2, -0.15) is 0 Å². The summed E-state index contributed by atoms with van der Waals surface area (Å²) >= 11 is 6.04. The van der Waals surface area contributed by atoms with Gasteiger partial charge in [0.1, 0.15) is 0 Å². The number of aryl methyl sites for hydroxylation is 2. The normalized spacial score (nSPS) is 10.4. The van der Waals surface area contributed by atoms with Crippen molar-refractivity contribution in [3.05, 3.63) is 58.1 Å². The van der Waals surface area contributed by atoms with Crippen molar-refractivity contribution in [3.8, 4) is 11.1 Å². The number of halogens is 1. The zero-order chi connectivity index (χ0) is 13.3. The van der Waals surface area contributed by atoms with Crippen LogP contribution in [0.3, 0.4) is 0 Å². The van der Waals surface area contributed by atoms with Crippen molar-refractivity contribution in [3.63, 3.8) is 0 Å². The maximum absolute atomic E-state index is 10.9. The first-order valence-electron chi connectivity index (χ1n) is 5.59. The van der Waals surface area contributed by atoms with Gasteiger partial charge in [0, 0.05) is 5.02 Å². The third kappa shape index (κ3) is 2.54. The number of rotatable bonds is 2. The van der Waals surface area contributed by atoms with Gasteiger partial charge in [0.05, 0.1) is 5.56 Å². The van der Waals surface area contributed by atoms with E-state index in [1.54, 1.807) is 12.1 Å². The second-order valence-corrected chi connectivity index (χ2v) is 4.79. The molecular weight excluding hydrogens is 248 g/mol. The first-order chi connectivity index (χ1) is 8.47. The summed E-state index contributed by atoms with van der Waals surface area (Å²) < 4.78 is 0. The quantitative estimate of drug-likeness (QED) is 0.873. The summed E-state index contributed by atoms with van der Waals surface area (Å²) in [6.07, 6.45) is 0. The van der Waals surface area contributed by atoms with E-state index in [-0.39, 0.29) is 0 Å². The highest BCUT2D eigenvalue weighted by Crippen LogP contribution is 2.28. The summed E-state index contributed by atoms with van der Waals surface area (Å²) in [6, 6.07) is 10.9. The summed E-state index contributed by atoms with van der Waals surface area (Å²) in [5.41, 5.74) is 4.32. The molecular formula is C15H13ClO2. The van der Waals surface area contributed by atoms with Gasteiger partial charge in [-0.05, 0) is 60.4 Å². The van der Waals surface area contributed by atoms with Gasteiger partial charge in [0.25, 0.3) is 0 Å². The molecule has 3 heteroatoms. The summed E-state index contributed by atoms with van der Waals surface area (Å²) in [5.74, 6) is -0.910. The molecule has 92 valence electrons. The monoisotopic (exact) mass is 260 g/mol. The van der Waals surface area contributed by atoms with Crippen LogP contribution >= 0.6 is 11.6 Å². The molecule has 0 radical (unpaired) electrons. The fourth-order valence-electron chi connectivity index (χ4n) is 2.01. The zero-order valence-electron chi connectivity index (χ0n) is 10.2. The fraction of sp³-hybridized carbons (Fsp3) is 0.133. The van der Waals surface area contributed by atoms with Crippen LogP contribution in [0.15, 0.2) is 36.4 Å². The molecule has 0 amide bonds. The number of hydrogen-bond donors (Lipinski definition) is 1. The Morgan fingerprint density at radius 3 is 2.39 bits per heavy atom. The Bertz CT molecular complexity index is 598. The lowest BCUT2D eigenvalue weighted by atomic mass is 9.97. The summed E-state index contributed by atoms with van der Waals surface area (Å²) in [7, 11) is 0. The SMILES string of the molecule is Cc1cc(Cl)cc(-c2ccc(C(=O)O)cc2C)c1. The number of aromatic carboxylic acids is 1. The van der Waals surface area contributed by atoms with Gasteiger partial charge in [-0.1, -0.05) is 23.7 Å². The van der Waals surface area contributed by atoms with Crippen LogP contribution in [0.25, 0.3) is 11.1 Å². The van der Waals surface area contributed by atoms with Gasteiger partial charge >= 0.3 is 5.97 Å². The average molecular weight is 261 g/mol. The molecule has 1 N–H and O–H groups in total. The van der Waals surface area contributed by atoms with E-state index in [2.05, 4.69) is 0 Å². The van der Waals surface area contributed by atoms with E-state index < -0.39 is 5.97 Å². The van der Waals surface area contributed by atoms with Crippen LogP contribution in [0.5, 0.6) is 0 Å². The lowest BCUT2D eigenvalue weighted by Gasteiger charge is -2.09. The molecule has 0 aliphatic heterocycles. The van der Waals surface area contributed by atoms with Crippen LogP contribution in [0.1, 0.15) is 21.5 Å². The standard InChI is InChI=1S/C15H13ClO2/c1-9-5-12(8-13(16)6-9)14-4-3-11(15(17)18)7-10(14)2/h3-8H,1-2H3,(H,17,18). The molecule has 0 unspecified atom stereocenters. The molecule has 0 heterocycles. The molecule has 0 spiro atoms. The van der Waals surface area contributed by atoms with E-state index in [4.69, 9.17) is 16.7 Å². The van der Waals surface area contributed by atoms with E-state index in [0.717, 1.165) is 22.3 Å². The maximum Gasteiger partial charge on any atom is 0.335 e. The van der Waals surface area contributed by atoms with Crippen molar-refractivity contribution in [2.75, 3.05) is 0 Å². The molecule has 2 rings (SSSR count). The first kappa shape index (κ1) is 12.7. The van der Waals surface area contributed by atoms with Crippen LogP contribution in [-0.4, -0.2) is 11.1 Å². The smallest absolute Gasteiger partial charge is 0.335 e. The van der Waals surface area contributed by atoms with E-state index >= 15 is 0 Å². The third-order valence-electron chi connectivity index (χ3n) is 2.83. The predicted molar refractivity (Wildman–Crippen MR) is 73.3 cm³/mol. The van der Waals surface area contributed by atoms with Crippen molar-refractivity contribution < 1.29 is 9.90 Å². The molecule has 0 fully saturated rings. The minimum atomic E-state index is -0.910. The number of carboxylic acid groups (broad SMARTS) is 1.